The molecule has 2 aliphatic heterocycles. The standard InChI is InChI=1S/C30H40BN3O6/c1-28(2,3)38-27(37)33-24(20-13-9-8-10-14-20)26(36)34-18-12-17-23(34)25(35)32-22-16-11-15-21(19-22)31-39-29(4,5)30(6,7)40-31/h8-11,13-16,19,23-24H,12,17-18H2,1-7H3,(H,32,35)(H,33,37)/t23-,24+/m0/s1. The average Bonchev–Trinajstić information content (AvgIpc) is 3.44. The number of hydrogen-bond acceptors (Lipinski definition) is 6. The number of benzene rings is 2. The minimum absolute atomic E-state index is 0.291. The van der Waals surface area contributed by atoms with Gasteiger partial charge in [-0.1, -0.05) is 42.5 Å². The van der Waals surface area contributed by atoms with Crippen molar-refractivity contribution in [2.45, 2.75) is 90.2 Å². The van der Waals surface area contributed by atoms with E-state index < -0.39 is 42.1 Å². The van der Waals surface area contributed by atoms with Gasteiger partial charge in [0, 0.05) is 12.2 Å². The number of hydrogen-bond donors (Lipinski definition) is 2. The molecule has 0 saturated carbocycles. The third-order valence-electron chi connectivity index (χ3n) is 7.56. The molecule has 0 radical (unpaired) electrons. The second-order valence-electron chi connectivity index (χ2n) is 12.4. The molecule has 214 valence electrons. The van der Waals surface area contributed by atoms with Gasteiger partial charge in [-0.2, -0.15) is 0 Å². The first-order valence-electron chi connectivity index (χ1n) is 13.8. The van der Waals surface area contributed by atoms with E-state index in [1.54, 1.807) is 56.0 Å². The molecule has 10 heteroatoms. The maximum absolute atomic E-state index is 13.8. The number of carbonyl (C=O) groups excluding carboxylic acids is 3. The van der Waals surface area contributed by atoms with Crippen molar-refractivity contribution in [2.75, 3.05) is 11.9 Å². The summed E-state index contributed by atoms with van der Waals surface area (Å²) < 4.78 is 17.7. The molecule has 0 bridgehead atoms. The lowest BCUT2D eigenvalue weighted by molar-refractivity contribution is -0.138. The number of nitrogens with zero attached hydrogens (tertiary/aromatic N) is 1. The van der Waals surface area contributed by atoms with Crippen molar-refractivity contribution in [2.24, 2.45) is 0 Å². The summed E-state index contributed by atoms with van der Waals surface area (Å²) in [5.74, 6) is -0.651. The largest absolute Gasteiger partial charge is 0.494 e. The molecule has 2 atom stereocenters. The van der Waals surface area contributed by atoms with Gasteiger partial charge in [-0.15, -0.1) is 0 Å². The van der Waals surface area contributed by atoms with E-state index in [1.165, 1.54) is 0 Å². The minimum atomic E-state index is -0.990. The second-order valence-corrected chi connectivity index (χ2v) is 12.4. The van der Waals surface area contributed by atoms with Gasteiger partial charge < -0.3 is 29.6 Å². The van der Waals surface area contributed by atoms with Crippen LogP contribution in [0, 0.1) is 0 Å². The van der Waals surface area contributed by atoms with Gasteiger partial charge in [0.2, 0.25) is 5.91 Å². The van der Waals surface area contributed by atoms with Crippen LogP contribution in [0.25, 0.3) is 0 Å². The molecule has 2 aromatic carbocycles. The number of carbonyl (C=O) groups is 3. The molecule has 0 aliphatic carbocycles. The van der Waals surface area contributed by atoms with Crippen LogP contribution < -0.4 is 16.1 Å². The van der Waals surface area contributed by atoms with E-state index in [0.717, 1.165) is 5.46 Å². The Hall–Kier alpha value is -3.37. The Morgan fingerprint density at radius 3 is 2.27 bits per heavy atom. The number of nitrogens with one attached hydrogen (secondary N) is 2. The van der Waals surface area contributed by atoms with Gasteiger partial charge in [-0.25, -0.2) is 4.79 Å². The summed E-state index contributed by atoms with van der Waals surface area (Å²) in [6, 6.07) is 14.7. The molecule has 0 spiro atoms. The summed E-state index contributed by atoms with van der Waals surface area (Å²) in [7, 11) is -0.558. The lowest BCUT2D eigenvalue weighted by Gasteiger charge is -2.32. The van der Waals surface area contributed by atoms with Crippen LogP contribution >= 0.6 is 0 Å². The van der Waals surface area contributed by atoms with Crippen molar-refractivity contribution >= 4 is 36.2 Å². The first-order valence-corrected chi connectivity index (χ1v) is 13.8. The SMILES string of the molecule is CC(C)(C)OC(=O)N[C@@H](C(=O)N1CCC[C@H]1C(=O)Nc1cccc(B2OC(C)(C)C(C)(C)O2)c1)c1ccccc1. The summed E-state index contributed by atoms with van der Waals surface area (Å²) in [6.07, 6.45) is 0.489. The molecular formula is C30H40BN3O6. The maximum atomic E-state index is 13.8. The van der Waals surface area contributed by atoms with Crippen LogP contribution in [0.2, 0.25) is 0 Å². The van der Waals surface area contributed by atoms with Gasteiger partial charge >= 0.3 is 13.2 Å². The first-order chi connectivity index (χ1) is 18.7. The number of likely N-dealkylation sites (tertiary alicyclic amines) is 1. The average molecular weight is 549 g/mol. The Morgan fingerprint density at radius 2 is 1.65 bits per heavy atom. The number of anilines is 1. The fourth-order valence-corrected chi connectivity index (χ4v) is 4.80. The molecule has 2 N–H and O–H groups in total. The quantitative estimate of drug-likeness (QED) is 0.524. The third kappa shape index (κ3) is 6.67. The third-order valence-corrected chi connectivity index (χ3v) is 7.56. The van der Waals surface area contributed by atoms with Gasteiger partial charge in [0.25, 0.3) is 5.91 Å². The zero-order valence-electron chi connectivity index (χ0n) is 24.4. The Balaban J connectivity index is 1.49. The molecule has 0 aromatic heterocycles. The Kier molecular flexibility index (Phi) is 8.33. The highest BCUT2D eigenvalue weighted by Crippen LogP contribution is 2.36. The van der Waals surface area contributed by atoms with E-state index in [2.05, 4.69) is 10.6 Å². The normalized spacial score (nSPS) is 20.6. The summed E-state index contributed by atoms with van der Waals surface area (Å²) in [5.41, 5.74) is 0.303. The predicted octanol–water partition coefficient (Wildman–Crippen LogP) is 4.18. The van der Waals surface area contributed by atoms with E-state index in [9.17, 15) is 14.4 Å². The van der Waals surface area contributed by atoms with E-state index >= 15 is 0 Å². The molecule has 0 unspecified atom stereocenters. The number of amides is 3. The molecule has 9 nitrogen and oxygen atoms in total. The fourth-order valence-electron chi connectivity index (χ4n) is 4.80. The Morgan fingerprint density at radius 1 is 1.00 bits per heavy atom. The predicted molar refractivity (Wildman–Crippen MR) is 154 cm³/mol. The monoisotopic (exact) mass is 549 g/mol. The van der Waals surface area contributed by atoms with E-state index in [-0.39, 0.29) is 11.8 Å². The van der Waals surface area contributed by atoms with Crippen LogP contribution in [-0.4, -0.2) is 59.3 Å². The van der Waals surface area contributed by atoms with Gasteiger partial charge in [0.15, 0.2) is 0 Å². The lowest BCUT2D eigenvalue weighted by Crippen LogP contribution is -2.49. The number of rotatable bonds is 6. The molecule has 4 rings (SSSR count). The van der Waals surface area contributed by atoms with Gasteiger partial charge in [0.05, 0.1) is 11.2 Å². The smallest absolute Gasteiger partial charge is 0.444 e. The van der Waals surface area contributed by atoms with Crippen molar-refractivity contribution in [3.63, 3.8) is 0 Å². The molecule has 40 heavy (non-hydrogen) atoms. The molecular weight excluding hydrogens is 509 g/mol. The highest BCUT2D eigenvalue weighted by molar-refractivity contribution is 6.62. The van der Waals surface area contributed by atoms with Crippen molar-refractivity contribution in [1.82, 2.24) is 10.2 Å². The van der Waals surface area contributed by atoms with Crippen LogP contribution in [0.5, 0.6) is 0 Å². The molecule has 3 amide bonds. The highest BCUT2D eigenvalue weighted by Gasteiger charge is 2.51. The maximum Gasteiger partial charge on any atom is 0.494 e. The van der Waals surface area contributed by atoms with E-state index in [4.69, 9.17) is 14.0 Å². The zero-order valence-corrected chi connectivity index (χ0v) is 24.4. The van der Waals surface area contributed by atoms with E-state index in [1.807, 2.05) is 52.0 Å². The van der Waals surface area contributed by atoms with Crippen molar-refractivity contribution in [3.8, 4) is 0 Å². The Bertz CT molecular complexity index is 1230. The highest BCUT2D eigenvalue weighted by atomic mass is 16.7. The fraction of sp³-hybridized carbons (Fsp3) is 0.500. The number of ether oxygens (including phenoxy) is 1. The summed E-state index contributed by atoms with van der Waals surface area (Å²) in [6.45, 7) is 13.6. The molecule has 2 fully saturated rings. The second kappa shape index (κ2) is 11.3. The van der Waals surface area contributed by atoms with Gasteiger partial charge in [-0.05, 0) is 84.5 Å². The summed E-state index contributed by atoms with van der Waals surface area (Å²) in [5, 5.41) is 5.68. The topological polar surface area (TPSA) is 106 Å². The van der Waals surface area contributed by atoms with Crippen LogP contribution in [0.3, 0.4) is 0 Å². The van der Waals surface area contributed by atoms with Crippen LogP contribution in [-0.2, 0) is 23.6 Å². The van der Waals surface area contributed by atoms with Crippen molar-refractivity contribution in [3.05, 3.63) is 60.2 Å². The number of alkyl carbamates (subject to hydrolysis) is 1. The zero-order chi connectivity index (χ0) is 29.3. The summed E-state index contributed by atoms with van der Waals surface area (Å²) in [4.78, 5) is 41.4. The van der Waals surface area contributed by atoms with Gasteiger partial charge in [-0.3, -0.25) is 9.59 Å². The minimum Gasteiger partial charge on any atom is -0.444 e. The Labute approximate surface area is 237 Å². The van der Waals surface area contributed by atoms with E-state index in [0.29, 0.717) is 30.6 Å². The first kappa shape index (κ1) is 29.6. The molecule has 2 heterocycles. The molecule has 2 saturated heterocycles. The van der Waals surface area contributed by atoms with Crippen LogP contribution in [0.1, 0.15) is 72.9 Å². The molecule has 2 aromatic rings. The van der Waals surface area contributed by atoms with Crippen molar-refractivity contribution in [1.29, 1.82) is 0 Å². The lowest BCUT2D eigenvalue weighted by atomic mass is 9.79. The van der Waals surface area contributed by atoms with Crippen LogP contribution in [0.15, 0.2) is 54.6 Å². The van der Waals surface area contributed by atoms with Crippen molar-refractivity contribution < 1.29 is 28.4 Å². The van der Waals surface area contributed by atoms with Gasteiger partial charge in [0.1, 0.15) is 17.7 Å². The summed E-state index contributed by atoms with van der Waals surface area (Å²) >= 11 is 0. The van der Waals surface area contributed by atoms with Crippen LogP contribution in [0.4, 0.5) is 10.5 Å². The molecule has 2 aliphatic rings.